The second-order valence-corrected chi connectivity index (χ2v) is 3.59. The van der Waals surface area contributed by atoms with Gasteiger partial charge in [0.05, 0.1) is 12.5 Å². The third kappa shape index (κ3) is 2.00. The fourth-order valence-electron chi connectivity index (χ4n) is 1.23. The molecular formula is C10H11F2NO. The van der Waals surface area contributed by atoms with E-state index >= 15 is 0 Å². The van der Waals surface area contributed by atoms with E-state index in [1.807, 2.05) is 13.0 Å². The Morgan fingerprint density at radius 3 is 2.86 bits per heavy atom. The van der Waals surface area contributed by atoms with Crippen molar-refractivity contribution in [3.05, 3.63) is 23.9 Å². The van der Waals surface area contributed by atoms with Crippen molar-refractivity contribution < 1.29 is 13.5 Å². The molecule has 1 aromatic rings. The number of rotatable bonds is 3. The van der Waals surface area contributed by atoms with Crippen LogP contribution in [-0.4, -0.2) is 17.5 Å². The Morgan fingerprint density at radius 1 is 1.57 bits per heavy atom. The standard InChI is InChI=1S/C10H11F2NO/c1-7-3-2-4-9(13-7)14-6-8-5-10(8,11)12/h2-4,8H,5-6H2,1H3. The van der Waals surface area contributed by atoms with E-state index in [-0.39, 0.29) is 13.0 Å². The van der Waals surface area contributed by atoms with Crippen LogP contribution in [0.5, 0.6) is 5.88 Å². The first kappa shape index (κ1) is 9.37. The molecule has 76 valence electrons. The summed E-state index contributed by atoms with van der Waals surface area (Å²) in [7, 11) is 0. The molecule has 0 amide bonds. The first-order valence-electron chi connectivity index (χ1n) is 4.52. The molecule has 1 saturated carbocycles. The summed E-state index contributed by atoms with van der Waals surface area (Å²) in [4.78, 5) is 4.05. The van der Waals surface area contributed by atoms with Crippen molar-refractivity contribution in [2.75, 3.05) is 6.61 Å². The van der Waals surface area contributed by atoms with Gasteiger partial charge in [-0.2, -0.15) is 0 Å². The molecule has 1 aromatic heterocycles. The topological polar surface area (TPSA) is 22.1 Å². The van der Waals surface area contributed by atoms with Crippen LogP contribution in [0.1, 0.15) is 12.1 Å². The summed E-state index contributed by atoms with van der Waals surface area (Å²) < 4.78 is 30.1. The van der Waals surface area contributed by atoms with Crippen molar-refractivity contribution in [3.8, 4) is 5.88 Å². The molecule has 1 unspecified atom stereocenters. The van der Waals surface area contributed by atoms with Crippen molar-refractivity contribution in [3.63, 3.8) is 0 Å². The molecule has 1 atom stereocenters. The van der Waals surface area contributed by atoms with E-state index in [2.05, 4.69) is 4.98 Å². The summed E-state index contributed by atoms with van der Waals surface area (Å²) in [5, 5.41) is 0. The van der Waals surface area contributed by atoms with Crippen molar-refractivity contribution >= 4 is 0 Å². The minimum atomic E-state index is -2.51. The second-order valence-electron chi connectivity index (χ2n) is 3.59. The van der Waals surface area contributed by atoms with Gasteiger partial charge in [0.25, 0.3) is 5.92 Å². The minimum absolute atomic E-state index is 0.0567. The van der Waals surface area contributed by atoms with E-state index in [0.29, 0.717) is 5.88 Å². The highest BCUT2D eigenvalue weighted by molar-refractivity contribution is 5.15. The van der Waals surface area contributed by atoms with Crippen LogP contribution in [-0.2, 0) is 0 Å². The number of aromatic nitrogens is 1. The highest BCUT2D eigenvalue weighted by Gasteiger charge is 2.57. The normalized spacial score (nSPS) is 23.2. The number of hydrogen-bond acceptors (Lipinski definition) is 2. The Bertz CT molecular complexity index is 341. The Labute approximate surface area is 80.9 Å². The van der Waals surface area contributed by atoms with E-state index < -0.39 is 11.8 Å². The van der Waals surface area contributed by atoms with Crippen LogP contribution in [0, 0.1) is 12.8 Å². The average Bonchev–Trinajstić information content (AvgIpc) is 2.71. The van der Waals surface area contributed by atoms with Crippen LogP contribution < -0.4 is 4.74 Å². The van der Waals surface area contributed by atoms with Gasteiger partial charge in [0.15, 0.2) is 0 Å². The summed E-state index contributed by atoms with van der Waals surface area (Å²) in [6.45, 7) is 1.89. The number of aryl methyl sites for hydroxylation is 1. The van der Waals surface area contributed by atoms with Crippen LogP contribution in [0.25, 0.3) is 0 Å². The van der Waals surface area contributed by atoms with Crippen LogP contribution >= 0.6 is 0 Å². The maximum Gasteiger partial charge on any atom is 0.255 e. The molecule has 0 bridgehead atoms. The molecule has 1 fully saturated rings. The average molecular weight is 199 g/mol. The quantitative estimate of drug-likeness (QED) is 0.745. The summed E-state index contributed by atoms with van der Waals surface area (Å²) >= 11 is 0. The van der Waals surface area contributed by atoms with Crippen LogP contribution in [0.3, 0.4) is 0 Å². The third-order valence-corrected chi connectivity index (χ3v) is 2.25. The Hall–Kier alpha value is -1.19. The van der Waals surface area contributed by atoms with Crippen LogP contribution in [0.2, 0.25) is 0 Å². The molecule has 0 aromatic carbocycles. The number of hydrogen-bond donors (Lipinski definition) is 0. The lowest BCUT2D eigenvalue weighted by Crippen LogP contribution is -2.06. The van der Waals surface area contributed by atoms with Gasteiger partial charge in [-0.05, 0) is 13.0 Å². The number of halogens is 2. The molecule has 2 nitrogen and oxygen atoms in total. The molecular weight excluding hydrogens is 188 g/mol. The molecule has 14 heavy (non-hydrogen) atoms. The Morgan fingerprint density at radius 2 is 2.29 bits per heavy atom. The predicted molar refractivity (Wildman–Crippen MR) is 47.5 cm³/mol. The van der Waals surface area contributed by atoms with Gasteiger partial charge in [-0.3, -0.25) is 0 Å². The molecule has 0 spiro atoms. The summed E-state index contributed by atoms with van der Waals surface area (Å²) in [6, 6.07) is 5.30. The van der Waals surface area contributed by atoms with E-state index in [1.165, 1.54) is 0 Å². The second kappa shape index (κ2) is 3.19. The number of alkyl halides is 2. The molecule has 1 aliphatic rings. The number of ether oxygens (including phenoxy) is 1. The van der Waals surface area contributed by atoms with Gasteiger partial charge >= 0.3 is 0 Å². The molecule has 0 radical (unpaired) electrons. The van der Waals surface area contributed by atoms with Gasteiger partial charge < -0.3 is 4.74 Å². The smallest absolute Gasteiger partial charge is 0.255 e. The minimum Gasteiger partial charge on any atom is -0.477 e. The first-order chi connectivity index (χ1) is 6.58. The van der Waals surface area contributed by atoms with E-state index in [0.717, 1.165) is 5.69 Å². The molecule has 0 aliphatic heterocycles. The lowest BCUT2D eigenvalue weighted by molar-refractivity contribution is 0.0849. The molecule has 4 heteroatoms. The SMILES string of the molecule is Cc1cccc(OCC2CC2(F)F)n1. The van der Waals surface area contributed by atoms with E-state index in [4.69, 9.17) is 4.74 Å². The zero-order valence-corrected chi connectivity index (χ0v) is 7.84. The van der Waals surface area contributed by atoms with Gasteiger partial charge in [-0.1, -0.05) is 6.07 Å². The fraction of sp³-hybridized carbons (Fsp3) is 0.500. The van der Waals surface area contributed by atoms with Crippen molar-refractivity contribution in [2.24, 2.45) is 5.92 Å². The first-order valence-corrected chi connectivity index (χ1v) is 4.52. The summed E-state index contributed by atoms with van der Waals surface area (Å²) in [6.07, 6.45) is -0.0567. The summed E-state index contributed by atoms with van der Waals surface area (Å²) in [5.41, 5.74) is 0.824. The van der Waals surface area contributed by atoms with Gasteiger partial charge in [0.2, 0.25) is 5.88 Å². The van der Waals surface area contributed by atoms with Crippen molar-refractivity contribution in [1.29, 1.82) is 0 Å². The van der Waals surface area contributed by atoms with Crippen molar-refractivity contribution in [1.82, 2.24) is 4.98 Å². The third-order valence-electron chi connectivity index (χ3n) is 2.25. The Balaban J connectivity index is 1.87. The maximum absolute atomic E-state index is 12.5. The van der Waals surface area contributed by atoms with Crippen LogP contribution in [0.4, 0.5) is 8.78 Å². The van der Waals surface area contributed by atoms with Gasteiger partial charge in [-0.25, -0.2) is 13.8 Å². The highest BCUT2D eigenvalue weighted by Crippen LogP contribution is 2.48. The molecule has 1 heterocycles. The zero-order valence-electron chi connectivity index (χ0n) is 7.84. The predicted octanol–water partition coefficient (Wildman–Crippen LogP) is 2.42. The molecule has 1 aliphatic carbocycles. The van der Waals surface area contributed by atoms with Crippen molar-refractivity contribution in [2.45, 2.75) is 19.3 Å². The summed E-state index contributed by atoms with van der Waals surface area (Å²) in [5.74, 6) is -2.71. The lowest BCUT2D eigenvalue weighted by Gasteiger charge is -2.04. The molecule has 0 N–H and O–H groups in total. The van der Waals surface area contributed by atoms with Gasteiger partial charge in [0.1, 0.15) is 0 Å². The fourth-order valence-corrected chi connectivity index (χ4v) is 1.23. The molecule has 2 rings (SSSR count). The van der Waals surface area contributed by atoms with Crippen LogP contribution in [0.15, 0.2) is 18.2 Å². The zero-order chi connectivity index (χ0) is 10.2. The van der Waals surface area contributed by atoms with E-state index in [1.54, 1.807) is 12.1 Å². The largest absolute Gasteiger partial charge is 0.477 e. The van der Waals surface area contributed by atoms with Gasteiger partial charge in [-0.15, -0.1) is 0 Å². The van der Waals surface area contributed by atoms with Gasteiger partial charge in [0, 0.05) is 18.2 Å². The number of pyridine rings is 1. The maximum atomic E-state index is 12.5. The molecule has 0 saturated heterocycles. The van der Waals surface area contributed by atoms with E-state index in [9.17, 15) is 8.78 Å². The number of nitrogens with zero attached hydrogens (tertiary/aromatic N) is 1. The Kier molecular flexibility index (Phi) is 2.13. The lowest BCUT2D eigenvalue weighted by atomic mass is 10.4. The monoisotopic (exact) mass is 199 g/mol. The highest BCUT2D eigenvalue weighted by atomic mass is 19.3.